The second kappa shape index (κ2) is 7.95. The molecule has 24 heavy (non-hydrogen) atoms. The Balaban J connectivity index is 1.94. The maximum absolute atomic E-state index is 12.2. The summed E-state index contributed by atoms with van der Waals surface area (Å²) in [5.41, 5.74) is 1.29. The Morgan fingerprint density at radius 2 is 1.62 bits per heavy atom. The topological polar surface area (TPSA) is 34.1 Å². The Hall–Kier alpha value is -1.65. The van der Waals surface area contributed by atoms with Gasteiger partial charge in [0.2, 0.25) is 5.78 Å². The van der Waals surface area contributed by atoms with E-state index in [1.54, 1.807) is 12.1 Å². The largest absolute Gasteiger partial charge is 0.450 e. The van der Waals surface area contributed by atoms with Crippen molar-refractivity contribution in [2.45, 2.75) is 64.0 Å². The van der Waals surface area contributed by atoms with Crippen molar-refractivity contribution in [2.24, 2.45) is 5.92 Å². The molecule has 5 heteroatoms. The number of rotatable bonds is 6. The van der Waals surface area contributed by atoms with E-state index >= 15 is 0 Å². The van der Waals surface area contributed by atoms with E-state index in [2.05, 4.69) is 6.92 Å². The van der Waals surface area contributed by atoms with Crippen LogP contribution in [0, 0.1) is 5.92 Å². The maximum atomic E-state index is 12.2. The molecule has 1 aliphatic carbocycles. The summed E-state index contributed by atoms with van der Waals surface area (Å²) in [6.07, 6.45) is 1.06. The summed E-state index contributed by atoms with van der Waals surface area (Å²) in [5, 5.41) is 0. The molecule has 1 fully saturated rings. The first-order valence-electron chi connectivity index (χ1n) is 8.54. The molecule has 1 aromatic rings. The quantitative estimate of drug-likeness (QED) is 0.509. The van der Waals surface area contributed by atoms with E-state index in [1.807, 2.05) is 12.1 Å². The molecule has 1 aliphatic rings. The van der Waals surface area contributed by atoms with Gasteiger partial charge in [-0.2, -0.15) is 13.2 Å². The van der Waals surface area contributed by atoms with Gasteiger partial charge in [0.15, 0.2) is 5.78 Å². The number of hydrogen-bond donors (Lipinski definition) is 0. The molecule has 1 saturated carbocycles. The van der Waals surface area contributed by atoms with Gasteiger partial charge >= 0.3 is 6.18 Å². The predicted octanol–water partition coefficient (Wildman–Crippen LogP) is 5.46. The average Bonchev–Trinajstić information content (AvgIpc) is 2.55. The van der Waals surface area contributed by atoms with E-state index in [0.29, 0.717) is 5.92 Å². The number of halogens is 3. The van der Waals surface area contributed by atoms with Gasteiger partial charge in [0.05, 0.1) is 6.42 Å². The molecule has 132 valence electrons. The van der Waals surface area contributed by atoms with Gasteiger partial charge in [-0.1, -0.05) is 44.0 Å². The van der Waals surface area contributed by atoms with E-state index in [0.717, 1.165) is 24.3 Å². The molecule has 0 amide bonds. The van der Waals surface area contributed by atoms with Crippen LogP contribution in [0.4, 0.5) is 13.2 Å². The average molecular weight is 340 g/mol. The molecule has 0 spiro atoms. The summed E-state index contributed by atoms with van der Waals surface area (Å²) in [6, 6.07) is 6.71. The van der Waals surface area contributed by atoms with Gasteiger partial charge < -0.3 is 0 Å². The lowest BCUT2D eigenvalue weighted by Crippen LogP contribution is -2.25. The van der Waals surface area contributed by atoms with Gasteiger partial charge in [-0.3, -0.25) is 9.59 Å². The second-order valence-corrected chi connectivity index (χ2v) is 6.65. The molecule has 0 atom stereocenters. The van der Waals surface area contributed by atoms with Crippen molar-refractivity contribution in [3.05, 3.63) is 35.4 Å². The minimum Gasteiger partial charge on any atom is -0.294 e. The molecule has 0 aliphatic heterocycles. The smallest absolute Gasteiger partial charge is 0.294 e. The number of carbonyl (C=O) groups excluding carboxylic acids is 2. The van der Waals surface area contributed by atoms with Crippen molar-refractivity contribution in [2.75, 3.05) is 0 Å². The normalized spacial score (nSPS) is 21.5. The number of ketones is 2. The first-order valence-corrected chi connectivity index (χ1v) is 8.54. The Morgan fingerprint density at radius 3 is 2.12 bits per heavy atom. The second-order valence-electron chi connectivity index (χ2n) is 6.65. The van der Waals surface area contributed by atoms with E-state index in [-0.39, 0.29) is 5.56 Å². The molecule has 0 N–H and O–H groups in total. The zero-order valence-electron chi connectivity index (χ0n) is 13.9. The highest BCUT2D eigenvalue weighted by atomic mass is 19.4. The van der Waals surface area contributed by atoms with Crippen LogP contribution in [0.15, 0.2) is 24.3 Å². The zero-order chi connectivity index (χ0) is 17.7. The summed E-state index contributed by atoms with van der Waals surface area (Å²) in [4.78, 5) is 22.7. The van der Waals surface area contributed by atoms with E-state index in [1.165, 1.54) is 25.7 Å². The summed E-state index contributed by atoms with van der Waals surface area (Å²) < 4.78 is 36.7. The molecule has 0 radical (unpaired) electrons. The summed E-state index contributed by atoms with van der Waals surface area (Å²) >= 11 is 0. The number of alkyl halides is 3. The third-order valence-electron chi connectivity index (χ3n) is 4.89. The molecule has 0 aromatic heterocycles. The van der Waals surface area contributed by atoms with Crippen molar-refractivity contribution in [1.82, 2.24) is 0 Å². The van der Waals surface area contributed by atoms with Gasteiger partial charge in [-0.15, -0.1) is 0 Å². The Morgan fingerprint density at radius 1 is 1.04 bits per heavy atom. The minimum atomic E-state index is -4.95. The first-order chi connectivity index (χ1) is 11.3. The molecule has 0 saturated heterocycles. The lowest BCUT2D eigenvalue weighted by Gasteiger charge is -2.28. The molecule has 1 aromatic carbocycles. The molecule has 0 unspecified atom stereocenters. The number of hydrogen-bond acceptors (Lipinski definition) is 2. The maximum Gasteiger partial charge on any atom is 0.450 e. The van der Waals surface area contributed by atoms with Crippen LogP contribution in [0.5, 0.6) is 0 Å². The SMILES string of the molecule is CCCC1CCC(c2ccc(C(=O)CC(=O)C(F)(F)F)cc2)CC1. The summed E-state index contributed by atoms with van der Waals surface area (Å²) in [7, 11) is 0. The van der Waals surface area contributed by atoms with Crippen LogP contribution < -0.4 is 0 Å². The molecule has 0 heterocycles. The molecule has 0 bridgehead atoms. The molecular weight excluding hydrogens is 317 g/mol. The Bertz CT molecular complexity index is 567. The molecule has 2 rings (SSSR count). The predicted molar refractivity (Wildman–Crippen MR) is 86.1 cm³/mol. The summed E-state index contributed by atoms with van der Waals surface area (Å²) in [6.45, 7) is 2.20. The molecule has 2 nitrogen and oxygen atoms in total. The van der Waals surface area contributed by atoms with Crippen molar-refractivity contribution in [3.63, 3.8) is 0 Å². The number of benzene rings is 1. The van der Waals surface area contributed by atoms with Gasteiger partial charge in [0.25, 0.3) is 0 Å². The first kappa shape index (κ1) is 18.7. The zero-order valence-corrected chi connectivity index (χ0v) is 13.9. The molecular formula is C19H23F3O2. The fourth-order valence-corrected chi connectivity index (χ4v) is 3.48. The van der Waals surface area contributed by atoms with E-state index < -0.39 is 24.2 Å². The van der Waals surface area contributed by atoms with Gasteiger partial charge in [0.1, 0.15) is 0 Å². The van der Waals surface area contributed by atoms with Gasteiger partial charge in [-0.25, -0.2) is 0 Å². The fourth-order valence-electron chi connectivity index (χ4n) is 3.48. The van der Waals surface area contributed by atoms with Crippen LogP contribution in [0.1, 0.15) is 73.7 Å². The van der Waals surface area contributed by atoms with Crippen LogP contribution in [-0.2, 0) is 4.79 Å². The van der Waals surface area contributed by atoms with Crippen LogP contribution >= 0.6 is 0 Å². The van der Waals surface area contributed by atoms with Crippen LogP contribution in [-0.4, -0.2) is 17.7 Å². The van der Waals surface area contributed by atoms with Gasteiger partial charge in [0, 0.05) is 5.56 Å². The fraction of sp³-hybridized carbons (Fsp3) is 0.579. The summed E-state index contributed by atoms with van der Waals surface area (Å²) in [5.74, 6) is -1.51. The third kappa shape index (κ3) is 4.92. The highest BCUT2D eigenvalue weighted by Crippen LogP contribution is 2.37. The van der Waals surface area contributed by atoms with Crippen molar-refractivity contribution in [1.29, 1.82) is 0 Å². The van der Waals surface area contributed by atoms with Gasteiger partial charge in [-0.05, 0) is 43.1 Å². The van der Waals surface area contributed by atoms with E-state index in [4.69, 9.17) is 0 Å². The number of Topliss-reactive ketones (excluding diaryl/α,β-unsaturated/α-hetero) is 2. The number of carbonyl (C=O) groups is 2. The Labute approximate surface area is 140 Å². The monoisotopic (exact) mass is 340 g/mol. The highest BCUT2D eigenvalue weighted by molar-refractivity contribution is 6.09. The van der Waals surface area contributed by atoms with Crippen LogP contribution in [0.2, 0.25) is 0 Å². The minimum absolute atomic E-state index is 0.163. The van der Waals surface area contributed by atoms with Crippen molar-refractivity contribution in [3.8, 4) is 0 Å². The third-order valence-corrected chi connectivity index (χ3v) is 4.89. The Kier molecular flexibility index (Phi) is 6.19. The van der Waals surface area contributed by atoms with Crippen LogP contribution in [0.3, 0.4) is 0 Å². The van der Waals surface area contributed by atoms with Crippen molar-refractivity contribution >= 4 is 11.6 Å². The van der Waals surface area contributed by atoms with Crippen molar-refractivity contribution < 1.29 is 22.8 Å². The van der Waals surface area contributed by atoms with Crippen LogP contribution in [0.25, 0.3) is 0 Å². The van der Waals surface area contributed by atoms with E-state index in [9.17, 15) is 22.8 Å². The highest BCUT2D eigenvalue weighted by Gasteiger charge is 2.39. The standard InChI is InChI=1S/C19H23F3O2/c1-2-3-13-4-6-14(7-5-13)15-8-10-16(11-9-15)17(23)12-18(24)19(20,21)22/h8-11,13-14H,2-7,12H2,1H3. The lowest BCUT2D eigenvalue weighted by atomic mass is 9.77. The lowest BCUT2D eigenvalue weighted by molar-refractivity contribution is -0.170.